The fraction of sp³-hybridized carbons (Fsp3) is 0. The fourth-order valence-electron chi connectivity index (χ4n) is 1.30. The molecule has 0 heterocycles. The summed E-state index contributed by atoms with van der Waals surface area (Å²) in [5, 5.41) is 36.4. The molecule has 2 aromatic carbocycles. The molecule has 0 aliphatic rings. The highest BCUT2D eigenvalue weighted by atomic mass is 16.4. The number of carboxylic acid groups (broad SMARTS) is 2. The van der Waals surface area contributed by atoms with Gasteiger partial charge in [-0.3, -0.25) is 5.84 Å². The first kappa shape index (κ1) is 18.9. The van der Waals surface area contributed by atoms with Gasteiger partial charge in [-0.1, -0.05) is 36.1 Å². The number of carbonyl (C=O) groups is 2. The lowest BCUT2D eigenvalue weighted by atomic mass is 10.2. The molecule has 8 N–H and O–H groups in total. The topological polar surface area (TPSA) is 172 Å². The van der Waals surface area contributed by atoms with E-state index in [9.17, 15) is 14.7 Å². The third-order valence-electron chi connectivity index (χ3n) is 2.25. The summed E-state index contributed by atoms with van der Waals surface area (Å²) in [6, 6.07) is 11.3. The third kappa shape index (κ3) is 5.90. The lowest BCUT2D eigenvalue weighted by molar-refractivity contribution is -0.379. The number of aromatic hydroxyl groups is 1. The second kappa shape index (κ2) is 9.75. The number of para-hydroxylation sites is 2. The summed E-state index contributed by atoms with van der Waals surface area (Å²) < 4.78 is 0. The van der Waals surface area contributed by atoms with Crippen molar-refractivity contribution in [1.29, 1.82) is 0 Å². The van der Waals surface area contributed by atoms with Gasteiger partial charge in [0, 0.05) is 0 Å². The number of hydrogen-bond donors (Lipinski definition) is 5. The summed E-state index contributed by atoms with van der Waals surface area (Å²) in [4.78, 5) is 20.5. The van der Waals surface area contributed by atoms with Crippen molar-refractivity contribution in [3.63, 3.8) is 0 Å². The molecule has 0 amide bonds. The molecule has 0 unspecified atom stereocenters. The average molecular weight is 308 g/mol. The van der Waals surface area contributed by atoms with Crippen LogP contribution in [0, 0.1) is 0 Å². The van der Waals surface area contributed by atoms with Crippen LogP contribution in [0.4, 0.5) is 0 Å². The Morgan fingerprint density at radius 1 is 0.864 bits per heavy atom. The number of benzene rings is 2. The predicted molar refractivity (Wildman–Crippen MR) is 75.0 cm³/mol. The van der Waals surface area contributed by atoms with E-state index in [1.165, 1.54) is 36.4 Å². The smallest absolute Gasteiger partial charge is 0.339 e. The maximum Gasteiger partial charge on any atom is 0.339 e. The van der Waals surface area contributed by atoms with Gasteiger partial charge in [0.2, 0.25) is 0 Å². The number of phenols is 1. The van der Waals surface area contributed by atoms with E-state index >= 15 is 0 Å². The van der Waals surface area contributed by atoms with Gasteiger partial charge in [0.1, 0.15) is 11.3 Å². The molecule has 0 saturated heterocycles. The van der Waals surface area contributed by atoms with Gasteiger partial charge in [0.25, 0.3) is 0 Å². The van der Waals surface area contributed by atoms with Crippen LogP contribution in [0.1, 0.15) is 20.7 Å². The van der Waals surface area contributed by atoms with E-state index in [2.05, 4.69) is 11.7 Å². The lowest BCUT2D eigenvalue weighted by Crippen LogP contribution is -2.59. The van der Waals surface area contributed by atoms with Crippen molar-refractivity contribution < 1.29 is 35.9 Å². The molecule has 0 spiro atoms. The van der Waals surface area contributed by atoms with Crippen LogP contribution < -0.4 is 16.8 Å². The number of hydrogen-bond acceptors (Lipinski definition) is 5. The van der Waals surface area contributed by atoms with Crippen LogP contribution in [0.25, 0.3) is 0 Å². The zero-order chi connectivity index (χ0) is 17.1. The van der Waals surface area contributed by atoms with Crippen molar-refractivity contribution in [2.45, 2.75) is 0 Å². The van der Waals surface area contributed by atoms with Crippen molar-refractivity contribution in [3.8, 4) is 11.5 Å². The molecule has 0 saturated carbocycles. The summed E-state index contributed by atoms with van der Waals surface area (Å²) in [6.07, 6.45) is 0. The predicted octanol–water partition coefficient (Wildman–Crippen LogP) is -0.349. The molecule has 118 valence electrons. The number of quaternary nitrogens is 1. The Kier molecular flexibility index (Phi) is 8.38. The van der Waals surface area contributed by atoms with Gasteiger partial charge in [-0.15, -0.1) is 0 Å². The molecule has 0 bridgehead atoms. The van der Waals surface area contributed by atoms with Gasteiger partial charge in [-0.05, 0) is 18.2 Å². The molecule has 0 fully saturated rings. The van der Waals surface area contributed by atoms with Gasteiger partial charge >= 0.3 is 11.9 Å². The maximum atomic E-state index is 10.7. The van der Waals surface area contributed by atoms with Crippen molar-refractivity contribution in [2.75, 3.05) is 0 Å². The molecule has 0 aliphatic carbocycles. The van der Waals surface area contributed by atoms with Crippen LogP contribution >= 0.6 is 0 Å². The van der Waals surface area contributed by atoms with E-state index < -0.39 is 17.7 Å². The molecule has 2 rings (SSSR count). The minimum Gasteiger partial charge on any atom is -0.872 e. The van der Waals surface area contributed by atoms with E-state index in [1.807, 2.05) is 0 Å². The Labute approximate surface area is 125 Å². The first-order valence-corrected chi connectivity index (χ1v) is 5.85. The molecule has 0 aliphatic heterocycles. The molecule has 0 atom stereocenters. The second-order valence-electron chi connectivity index (χ2n) is 3.62. The Morgan fingerprint density at radius 2 is 1.27 bits per heavy atom. The van der Waals surface area contributed by atoms with Crippen LogP contribution in [0.5, 0.6) is 11.5 Å². The van der Waals surface area contributed by atoms with Crippen molar-refractivity contribution in [1.82, 2.24) is 0 Å². The molecule has 8 heteroatoms. The summed E-state index contributed by atoms with van der Waals surface area (Å²) >= 11 is 0. The number of nitrogens with two attached hydrogens (primary N) is 1. The highest BCUT2D eigenvalue weighted by Gasteiger charge is 2.05. The molecule has 22 heavy (non-hydrogen) atoms. The van der Waals surface area contributed by atoms with E-state index in [0.29, 0.717) is 0 Å². The summed E-state index contributed by atoms with van der Waals surface area (Å²) in [5.74, 6) is 4.06. The summed E-state index contributed by atoms with van der Waals surface area (Å²) in [5.41, 5.74) is -0.245. The molecular weight excluding hydrogens is 292 g/mol. The normalized spacial score (nSPS) is 8.64. The van der Waals surface area contributed by atoms with Crippen molar-refractivity contribution in [3.05, 3.63) is 59.7 Å². The second-order valence-corrected chi connectivity index (χ2v) is 3.62. The highest BCUT2D eigenvalue weighted by Crippen LogP contribution is 2.14. The molecule has 0 aromatic heterocycles. The minimum atomic E-state index is -1.18. The van der Waals surface area contributed by atoms with Crippen LogP contribution in [0.2, 0.25) is 0 Å². The molecular formula is C14H16N2O6. The Balaban J connectivity index is 0.000000360. The van der Waals surface area contributed by atoms with Crippen LogP contribution in [-0.2, 0) is 0 Å². The quantitative estimate of drug-likeness (QED) is 0.372. The maximum absolute atomic E-state index is 10.7. The van der Waals surface area contributed by atoms with Gasteiger partial charge in [0.15, 0.2) is 0 Å². The number of carboxylic acids is 2. The first-order valence-electron chi connectivity index (χ1n) is 5.85. The van der Waals surface area contributed by atoms with Crippen LogP contribution in [-0.4, -0.2) is 27.3 Å². The zero-order valence-corrected chi connectivity index (χ0v) is 11.5. The molecule has 2 aromatic rings. The van der Waals surface area contributed by atoms with E-state index in [-0.39, 0.29) is 16.9 Å². The third-order valence-corrected chi connectivity index (χ3v) is 2.25. The van der Waals surface area contributed by atoms with Gasteiger partial charge in [-0.25, -0.2) is 9.59 Å². The Hall–Kier alpha value is -3.10. The number of aromatic carboxylic acids is 2. The van der Waals surface area contributed by atoms with Gasteiger partial charge in [-0.2, -0.15) is 5.84 Å². The number of rotatable bonds is 2. The van der Waals surface area contributed by atoms with Gasteiger partial charge in [0.05, 0.1) is 5.56 Å². The monoisotopic (exact) mass is 308 g/mol. The van der Waals surface area contributed by atoms with Crippen molar-refractivity contribution >= 4 is 11.9 Å². The van der Waals surface area contributed by atoms with Crippen molar-refractivity contribution in [2.24, 2.45) is 5.84 Å². The molecule has 0 radical (unpaired) electrons. The standard InChI is InChI=1S/2C7H6O3.H4N2/c2*8-6-4-2-1-3-5(6)7(9)10;1-2/h2*1-4,8H,(H,9,10);1-2H2. The van der Waals surface area contributed by atoms with E-state index in [4.69, 9.17) is 15.3 Å². The SMILES string of the molecule is N[NH3+].O=C(O)c1ccccc1O.O=C(O)c1ccccc1[O-]. The largest absolute Gasteiger partial charge is 0.872 e. The van der Waals surface area contributed by atoms with Crippen LogP contribution in [0.15, 0.2) is 48.5 Å². The van der Waals surface area contributed by atoms with E-state index in [0.717, 1.165) is 0 Å². The highest BCUT2D eigenvalue weighted by molar-refractivity contribution is 5.90. The zero-order valence-electron chi connectivity index (χ0n) is 11.5. The lowest BCUT2D eigenvalue weighted by Gasteiger charge is -2.07. The van der Waals surface area contributed by atoms with Gasteiger partial charge < -0.3 is 20.4 Å². The Bertz CT molecular complexity index is 575. The Morgan fingerprint density at radius 3 is 1.59 bits per heavy atom. The minimum absolute atomic E-state index is 0.0671. The van der Waals surface area contributed by atoms with E-state index in [1.54, 1.807) is 12.1 Å². The summed E-state index contributed by atoms with van der Waals surface area (Å²) in [6.45, 7) is 0. The molecule has 8 nitrogen and oxygen atoms in total. The average Bonchev–Trinajstić information content (AvgIpc) is 2.50. The summed E-state index contributed by atoms with van der Waals surface area (Å²) in [7, 11) is 0. The van der Waals surface area contributed by atoms with Crippen LogP contribution in [0.3, 0.4) is 0 Å². The first-order chi connectivity index (χ1) is 10.4. The fourth-order valence-corrected chi connectivity index (χ4v) is 1.30.